The molecule has 1 aliphatic heterocycles. The quantitative estimate of drug-likeness (QED) is 0.777. The first kappa shape index (κ1) is 11.2. The van der Waals surface area contributed by atoms with Gasteiger partial charge < -0.3 is 9.64 Å². The number of rotatable bonds is 2. The minimum absolute atomic E-state index is 0.263. The predicted molar refractivity (Wildman–Crippen MR) is 71.2 cm³/mol. The molecule has 1 fully saturated rings. The largest absolute Gasteiger partial charge is 0.362 e. The number of hydrogen-bond donors (Lipinski definition) is 0. The van der Waals surface area contributed by atoms with Crippen LogP contribution in [-0.2, 0) is 4.74 Å². The van der Waals surface area contributed by atoms with Gasteiger partial charge in [0.1, 0.15) is 6.23 Å². The summed E-state index contributed by atoms with van der Waals surface area (Å²) in [4.78, 5) is 2.36. The lowest BCUT2D eigenvalue weighted by Gasteiger charge is -2.36. The van der Waals surface area contributed by atoms with Gasteiger partial charge in [0.2, 0.25) is 0 Å². The Labute approximate surface area is 105 Å². The number of halogens is 1. The molecule has 0 spiro atoms. The minimum atomic E-state index is 0.263. The van der Waals surface area contributed by atoms with Gasteiger partial charge in [0.05, 0.1) is 0 Å². The molecule has 1 unspecified atom stereocenters. The van der Waals surface area contributed by atoms with E-state index in [0.29, 0.717) is 0 Å². The molecule has 1 aromatic rings. The summed E-state index contributed by atoms with van der Waals surface area (Å²) in [5.41, 5.74) is 1.28. The van der Waals surface area contributed by atoms with Crippen molar-refractivity contribution in [2.75, 3.05) is 18.6 Å². The second kappa shape index (κ2) is 5.16. The maximum absolute atomic E-state index is 5.51. The lowest BCUT2D eigenvalue weighted by molar-refractivity contribution is 0.0784. The maximum Gasteiger partial charge on any atom is 0.129 e. The van der Waals surface area contributed by atoms with E-state index in [0.717, 1.165) is 13.0 Å². The van der Waals surface area contributed by atoms with Crippen LogP contribution < -0.4 is 4.90 Å². The smallest absolute Gasteiger partial charge is 0.129 e. The Balaban J connectivity index is 2.16. The summed E-state index contributed by atoms with van der Waals surface area (Å²) in [5.74, 6) is 0. The van der Waals surface area contributed by atoms with Gasteiger partial charge in [-0.2, -0.15) is 0 Å². The maximum atomic E-state index is 5.51. The molecule has 1 atom stereocenters. The zero-order chi connectivity index (χ0) is 10.7. The molecule has 0 bridgehead atoms. The van der Waals surface area contributed by atoms with Gasteiger partial charge in [0, 0.05) is 22.9 Å². The highest BCUT2D eigenvalue weighted by molar-refractivity contribution is 14.1. The fraction of sp³-hybridized carbons (Fsp3) is 0.500. The van der Waals surface area contributed by atoms with Crippen LogP contribution in [0.3, 0.4) is 0 Å². The third-order valence-electron chi connectivity index (χ3n) is 2.88. The Hall–Kier alpha value is -0.290. The molecule has 15 heavy (non-hydrogen) atoms. The molecule has 0 aromatic heterocycles. The highest BCUT2D eigenvalue weighted by Crippen LogP contribution is 2.25. The molecule has 1 aliphatic rings. The van der Waals surface area contributed by atoms with Crippen molar-refractivity contribution in [1.82, 2.24) is 0 Å². The third kappa shape index (κ3) is 2.64. The van der Waals surface area contributed by atoms with E-state index >= 15 is 0 Å². The van der Waals surface area contributed by atoms with Crippen molar-refractivity contribution in [3.8, 4) is 0 Å². The van der Waals surface area contributed by atoms with Crippen LogP contribution >= 0.6 is 22.6 Å². The summed E-state index contributed by atoms with van der Waals surface area (Å²) < 4.78 is 6.79. The molecule has 1 heterocycles. The molecule has 0 N–H and O–H groups in total. The molecule has 3 heteroatoms. The second-order valence-corrected chi connectivity index (χ2v) is 5.10. The van der Waals surface area contributed by atoms with Crippen molar-refractivity contribution in [2.45, 2.75) is 25.5 Å². The van der Waals surface area contributed by atoms with E-state index in [1.807, 2.05) is 0 Å². The SMILES string of the molecule is COC1CCCCN1c1ccc(I)cc1. The van der Waals surface area contributed by atoms with Crippen molar-refractivity contribution >= 4 is 28.3 Å². The molecule has 2 rings (SSSR count). The summed E-state index contributed by atoms with van der Waals surface area (Å²) in [6.07, 6.45) is 3.95. The van der Waals surface area contributed by atoms with Crippen molar-refractivity contribution in [3.63, 3.8) is 0 Å². The summed E-state index contributed by atoms with van der Waals surface area (Å²) in [7, 11) is 1.80. The van der Waals surface area contributed by atoms with E-state index in [9.17, 15) is 0 Å². The van der Waals surface area contributed by atoms with Crippen LogP contribution in [0.1, 0.15) is 19.3 Å². The number of piperidine rings is 1. The minimum Gasteiger partial charge on any atom is -0.362 e. The molecular formula is C12H16INO. The standard InChI is InChI=1S/C12H16INO/c1-15-12-4-2-3-9-14(12)11-7-5-10(13)6-8-11/h5-8,12H,2-4,9H2,1H3. The van der Waals surface area contributed by atoms with E-state index < -0.39 is 0 Å². The van der Waals surface area contributed by atoms with Crippen LogP contribution in [0.15, 0.2) is 24.3 Å². The molecule has 82 valence electrons. The number of benzene rings is 1. The number of ether oxygens (including phenoxy) is 1. The van der Waals surface area contributed by atoms with Gasteiger partial charge in [-0.15, -0.1) is 0 Å². The van der Waals surface area contributed by atoms with Gasteiger partial charge in [-0.3, -0.25) is 0 Å². The van der Waals surface area contributed by atoms with Gasteiger partial charge in [-0.1, -0.05) is 0 Å². The van der Waals surface area contributed by atoms with Crippen molar-refractivity contribution in [1.29, 1.82) is 0 Å². The number of anilines is 1. The van der Waals surface area contributed by atoms with Gasteiger partial charge in [0.25, 0.3) is 0 Å². The van der Waals surface area contributed by atoms with Crippen LogP contribution in [0, 0.1) is 3.57 Å². The lowest BCUT2D eigenvalue weighted by atomic mass is 10.1. The Morgan fingerprint density at radius 2 is 2.00 bits per heavy atom. The average Bonchev–Trinajstić information content (AvgIpc) is 2.30. The van der Waals surface area contributed by atoms with E-state index in [1.54, 1.807) is 7.11 Å². The van der Waals surface area contributed by atoms with E-state index in [-0.39, 0.29) is 6.23 Å². The highest BCUT2D eigenvalue weighted by Gasteiger charge is 2.21. The zero-order valence-corrected chi connectivity index (χ0v) is 11.1. The lowest BCUT2D eigenvalue weighted by Crippen LogP contribution is -2.40. The number of nitrogens with zero attached hydrogens (tertiary/aromatic N) is 1. The first-order valence-corrected chi connectivity index (χ1v) is 6.44. The number of methoxy groups -OCH3 is 1. The fourth-order valence-corrected chi connectivity index (χ4v) is 2.43. The third-order valence-corrected chi connectivity index (χ3v) is 3.60. The Morgan fingerprint density at radius 1 is 1.27 bits per heavy atom. The highest BCUT2D eigenvalue weighted by atomic mass is 127. The van der Waals surface area contributed by atoms with Gasteiger partial charge >= 0.3 is 0 Å². The van der Waals surface area contributed by atoms with Crippen molar-refractivity contribution in [2.24, 2.45) is 0 Å². The van der Waals surface area contributed by atoms with Crippen molar-refractivity contribution < 1.29 is 4.74 Å². The number of hydrogen-bond acceptors (Lipinski definition) is 2. The zero-order valence-electron chi connectivity index (χ0n) is 8.95. The molecule has 0 saturated carbocycles. The molecule has 0 amide bonds. The molecule has 0 radical (unpaired) electrons. The first-order chi connectivity index (χ1) is 7.31. The normalized spacial score (nSPS) is 21.7. The summed E-state index contributed by atoms with van der Waals surface area (Å²) in [6, 6.07) is 8.66. The van der Waals surface area contributed by atoms with Gasteiger partial charge in [0.15, 0.2) is 0 Å². The Morgan fingerprint density at radius 3 is 2.67 bits per heavy atom. The van der Waals surface area contributed by atoms with E-state index in [4.69, 9.17) is 4.74 Å². The van der Waals surface area contributed by atoms with E-state index in [1.165, 1.54) is 22.1 Å². The molecule has 2 nitrogen and oxygen atoms in total. The summed E-state index contributed by atoms with van der Waals surface area (Å²) in [6.45, 7) is 1.11. The fourth-order valence-electron chi connectivity index (χ4n) is 2.07. The van der Waals surface area contributed by atoms with E-state index in [2.05, 4.69) is 51.8 Å². The van der Waals surface area contributed by atoms with Gasteiger partial charge in [-0.05, 0) is 66.1 Å². The van der Waals surface area contributed by atoms with Crippen LogP contribution in [0.5, 0.6) is 0 Å². The van der Waals surface area contributed by atoms with Gasteiger partial charge in [-0.25, -0.2) is 0 Å². The topological polar surface area (TPSA) is 12.5 Å². The Bertz CT molecular complexity index is 312. The first-order valence-electron chi connectivity index (χ1n) is 5.36. The molecule has 1 aromatic carbocycles. The second-order valence-electron chi connectivity index (χ2n) is 3.86. The predicted octanol–water partition coefficient (Wildman–Crippen LogP) is 3.25. The molecular weight excluding hydrogens is 301 g/mol. The van der Waals surface area contributed by atoms with Crippen LogP contribution in [0.2, 0.25) is 0 Å². The molecule has 1 saturated heterocycles. The monoisotopic (exact) mass is 317 g/mol. The van der Waals surface area contributed by atoms with Crippen LogP contribution in [-0.4, -0.2) is 19.9 Å². The van der Waals surface area contributed by atoms with Crippen molar-refractivity contribution in [3.05, 3.63) is 27.8 Å². The average molecular weight is 317 g/mol. The molecule has 0 aliphatic carbocycles. The van der Waals surface area contributed by atoms with Crippen LogP contribution in [0.25, 0.3) is 0 Å². The summed E-state index contributed by atoms with van der Waals surface area (Å²) >= 11 is 2.33. The summed E-state index contributed by atoms with van der Waals surface area (Å²) in [5, 5.41) is 0. The Kier molecular flexibility index (Phi) is 3.86. The van der Waals surface area contributed by atoms with Crippen LogP contribution in [0.4, 0.5) is 5.69 Å².